The highest BCUT2D eigenvalue weighted by atomic mass is 32.1. The molecule has 0 aliphatic carbocycles. The molecule has 0 aliphatic heterocycles. The van der Waals surface area contributed by atoms with Gasteiger partial charge in [-0.15, -0.1) is 5.10 Å². The van der Waals surface area contributed by atoms with Crippen molar-refractivity contribution in [1.29, 1.82) is 5.26 Å². The van der Waals surface area contributed by atoms with Crippen LogP contribution in [0.25, 0.3) is 0 Å². The van der Waals surface area contributed by atoms with Crippen LogP contribution in [-0.4, -0.2) is 20.5 Å². The van der Waals surface area contributed by atoms with Gasteiger partial charge in [-0.05, 0) is 24.0 Å². The predicted molar refractivity (Wildman–Crippen MR) is 70.8 cm³/mol. The topological polar surface area (TPSA) is 54.5 Å². The maximum Gasteiger partial charge on any atom is 0.252 e. The van der Waals surface area contributed by atoms with Crippen LogP contribution < -0.4 is 0 Å². The van der Waals surface area contributed by atoms with Crippen LogP contribution in [0.2, 0.25) is 0 Å². The van der Waals surface area contributed by atoms with Crippen molar-refractivity contribution in [2.75, 3.05) is 5.75 Å². The largest absolute Gasteiger partial charge is 0.252 e. The minimum atomic E-state index is 0.174. The van der Waals surface area contributed by atoms with Crippen molar-refractivity contribution in [2.24, 2.45) is 5.41 Å². The molecule has 94 valence electrons. The van der Waals surface area contributed by atoms with Crippen molar-refractivity contribution in [3.63, 3.8) is 0 Å². The number of rotatable bonds is 7. The zero-order valence-corrected chi connectivity index (χ0v) is 11.5. The van der Waals surface area contributed by atoms with Crippen LogP contribution >= 0.6 is 12.6 Å². The maximum absolute atomic E-state index is 8.71. The van der Waals surface area contributed by atoms with Crippen LogP contribution in [0.4, 0.5) is 0 Å². The Bertz CT molecular complexity index is 374. The third-order valence-electron chi connectivity index (χ3n) is 3.03. The van der Waals surface area contributed by atoms with Crippen molar-refractivity contribution in [3.8, 4) is 6.07 Å². The second-order valence-corrected chi connectivity index (χ2v) is 4.85. The normalized spacial score (nSPS) is 11.4. The summed E-state index contributed by atoms with van der Waals surface area (Å²) in [6, 6.07) is 1.95. The average Bonchev–Trinajstić information content (AvgIpc) is 2.77. The summed E-state index contributed by atoms with van der Waals surface area (Å²) >= 11 is 4.50. The van der Waals surface area contributed by atoms with E-state index < -0.39 is 0 Å². The van der Waals surface area contributed by atoms with E-state index in [9.17, 15) is 0 Å². The van der Waals surface area contributed by atoms with E-state index in [1.165, 1.54) is 0 Å². The van der Waals surface area contributed by atoms with Crippen LogP contribution in [0.5, 0.6) is 0 Å². The maximum atomic E-state index is 8.71. The molecule has 1 rings (SSSR count). The molecule has 0 aliphatic rings. The molecule has 1 aromatic rings. The van der Waals surface area contributed by atoms with Gasteiger partial charge in [-0.1, -0.05) is 26.7 Å². The lowest BCUT2D eigenvalue weighted by Gasteiger charge is -2.31. The predicted octanol–water partition coefficient (Wildman–Crippen LogP) is 2.67. The Labute approximate surface area is 108 Å². The molecule has 1 aromatic heterocycles. The molecular weight excluding hydrogens is 232 g/mol. The summed E-state index contributed by atoms with van der Waals surface area (Å²) in [4.78, 5) is 3.94. The minimum Gasteiger partial charge on any atom is -0.251 e. The van der Waals surface area contributed by atoms with Gasteiger partial charge in [0.05, 0.1) is 0 Å². The molecule has 0 unspecified atom stereocenters. The van der Waals surface area contributed by atoms with Crippen molar-refractivity contribution >= 4 is 12.6 Å². The highest BCUT2D eigenvalue weighted by molar-refractivity contribution is 7.80. The summed E-state index contributed by atoms with van der Waals surface area (Å²) in [5.74, 6) is 1.09. The second kappa shape index (κ2) is 6.65. The highest BCUT2D eigenvalue weighted by Crippen LogP contribution is 2.32. The Hall–Kier alpha value is -1.02. The van der Waals surface area contributed by atoms with Crippen LogP contribution in [0, 0.1) is 16.7 Å². The zero-order chi connectivity index (χ0) is 12.7. The number of hydrogen-bond acceptors (Lipinski definition) is 4. The van der Waals surface area contributed by atoms with E-state index in [2.05, 4.69) is 36.6 Å². The Morgan fingerprint density at radius 2 is 2.06 bits per heavy atom. The first-order valence-corrected chi connectivity index (χ1v) is 6.73. The van der Waals surface area contributed by atoms with Crippen molar-refractivity contribution in [3.05, 3.63) is 12.2 Å². The van der Waals surface area contributed by atoms with Crippen LogP contribution in [0.1, 0.15) is 45.4 Å². The number of hydrogen-bond donors (Lipinski definition) is 1. The van der Waals surface area contributed by atoms with Gasteiger partial charge in [0.25, 0.3) is 5.82 Å². The van der Waals surface area contributed by atoms with Gasteiger partial charge in [-0.25, -0.2) is 4.98 Å². The van der Waals surface area contributed by atoms with Gasteiger partial charge in [0.2, 0.25) is 0 Å². The molecule has 0 spiro atoms. The number of nitriles is 1. The molecule has 0 saturated carbocycles. The van der Waals surface area contributed by atoms with Crippen molar-refractivity contribution in [1.82, 2.24) is 14.8 Å². The Morgan fingerprint density at radius 1 is 1.41 bits per heavy atom. The molecule has 17 heavy (non-hydrogen) atoms. The lowest BCUT2D eigenvalue weighted by Crippen LogP contribution is -2.29. The summed E-state index contributed by atoms with van der Waals surface area (Å²) in [7, 11) is 0. The van der Waals surface area contributed by atoms with E-state index >= 15 is 0 Å². The molecule has 1 heterocycles. The fourth-order valence-corrected chi connectivity index (χ4v) is 2.73. The van der Waals surface area contributed by atoms with Crippen LogP contribution in [0.3, 0.4) is 0 Å². The lowest BCUT2D eigenvalue weighted by atomic mass is 9.81. The quantitative estimate of drug-likeness (QED) is 0.759. The number of thiol groups is 1. The van der Waals surface area contributed by atoms with E-state index in [1.54, 1.807) is 11.0 Å². The van der Waals surface area contributed by atoms with Gasteiger partial charge < -0.3 is 0 Å². The summed E-state index contributed by atoms with van der Waals surface area (Å²) in [6.45, 7) is 5.18. The fraction of sp³-hybridized carbons (Fsp3) is 0.750. The molecule has 0 bridgehead atoms. The first kappa shape index (κ1) is 14.0. The third-order valence-corrected chi connectivity index (χ3v) is 3.70. The second-order valence-electron chi connectivity index (χ2n) is 4.54. The molecule has 0 radical (unpaired) electrons. The molecule has 0 N–H and O–H groups in total. The van der Waals surface area contributed by atoms with Gasteiger partial charge in [-0.3, -0.25) is 4.68 Å². The van der Waals surface area contributed by atoms with E-state index in [-0.39, 0.29) is 11.2 Å². The Morgan fingerprint density at radius 3 is 2.47 bits per heavy atom. The summed E-state index contributed by atoms with van der Waals surface area (Å²) in [6.07, 6.45) is 6.18. The van der Waals surface area contributed by atoms with E-state index in [0.717, 1.165) is 38.0 Å². The molecule has 5 heteroatoms. The standard InChI is InChI=1S/C12H20N4S/c1-3-5-12(9-17,6-4-2)8-16-10-14-11(7-13)15-16/h10,17H,3-6,8-9H2,1-2H3. The van der Waals surface area contributed by atoms with Gasteiger partial charge in [-0.2, -0.15) is 17.9 Å². The first-order valence-electron chi connectivity index (χ1n) is 6.10. The lowest BCUT2D eigenvalue weighted by molar-refractivity contribution is 0.221. The molecular formula is C12H20N4S. The van der Waals surface area contributed by atoms with Crippen LogP contribution in [-0.2, 0) is 6.54 Å². The average molecular weight is 252 g/mol. The van der Waals surface area contributed by atoms with Gasteiger partial charge in [0, 0.05) is 6.54 Å². The van der Waals surface area contributed by atoms with Crippen LogP contribution in [0.15, 0.2) is 6.33 Å². The molecule has 0 aromatic carbocycles. The SMILES string of the molecule is CCCC(CS)(CCC)Cn1cnc(C#N)n1. The zero-order valence-electron chi connectivity index (χ0n) is 10.6. The fourth-order valence-electron chi connectivity index (χ4n) is 2.32. The molecule has 0 saturated heterocycles. The highest BCUT2D eigenvalue weighted by Gasteiger charge is 2.27. The first-order chi connectivity index (χ1) is 8.19. The summed E-state index contributed by atoms with van der Waals surface area (Å²) < 4.78 is 1.78. The molecule has 0 fully saturated rings. The number of aromatic nitrogens is 3. The monoisotopic (exact) mass is 252 g/mol. The molecule has 0 atom stereocenters. The van der Waals surface area contributed by atoms with Gasteiger partial charge in [0.15, 0.2) is 0 Å². The Balaban J connectivity index is 2.80. The minimum absolute atomic E-state index is 0.174. The molecule has 4 nitrogen and oxygen atoms in total. The third kappa shape index (κ3) is 3.74. The summed E-state index contributed by atoms with van der Waals surface area (Å²) in [5, 5.41) is 12.8. The van der Waals surface area contributed by atoms with E-state index in [0.29, 0.717) is 0 Å². The Kier molecular flexibility index (Phi) is 5.49. The van der Waals surface area contributed by atoms with Gasteiger partial charge in [0.1, 0.15) is 12.4 Å². The van der Waals surface area contributed by atoms with E-state index in [1.807, 2.05) is 6.07 Å². The summed E-state index contributed by atoms with van der Waals surface area (Å²) in [5.41, 5.74) is 0.174. The number of nitrogens with zero attached hydrogens (tertiary/aromatic N) is 4. The molecule has 0 amide bonds. The smallest absolute Gasteiger partial charge is 0.251 e. The van der Waals surface area contributed by atoms with Crippen molar-refractivity contribution in [2.45, 2.75) is 46.1 Å². The van der Waals surface area contributed by atoms with Crippen molar-refractivity contribution < 1.29 is 0 Å². The van der Waals surface area contributed by atoms with E-state index in [4.69, 9.17) is 5.26 Å². The van der Waals surface area contributed by atoms with Gasteiger partial charge >= 0.3 is 0 Å².